The van der Waals surface area contributed by atoms with Crippen LogP contribution in [0.25, 0.3) is 0 Å². The van der Waals surface area contributed by atoms with Gasteiger partial charge in [-0.1, -0.05) is 18.2 Å². The number of nitrogens with one attached hydrogen (secondary N) is 1. The van der Waals surface area contributed by atoms with Crippen LogP contribution in [0.3, 0.4) is 0 Å². The number of aliphatic imine (C=N–C) groups is 1. The van der Waals surface area contributed by atoms with Gasteiger partial charge in [0.05, 0.1) is 11.3 Å². The zero-order valence-corrected chi connectivity index (χ0v) is 11.3. The van der Waals surface area contributed by atoms with Crippen LogP contribution in [0, 0.1) is 13.8 Å². The third-order valence-electron chi connectivity index (χ3n) is 2.79. The number of carbonyl (C=O) groups excluding carboxylic acids is 2. The van der Waals surface area contributed by atoms with Crippen molar-refractivity contribution in [2.24, 2.45) is 4.99 Å². The molecule has 2 aromatic rings. The molecule has 20 heavy (non-hydrogen) atoms. The monoisotopic (exact) mass is 266 g/mol. The summed E-state index contributed by atoms with van der Waals surface area (Å²) < 4.78 is 0. The lowest BCUT2D eigenvalue weighted by Gasteiger charge is -2.08. The summed E-state index contributed by atoms with van der Waals surface area (Å²) in [5, 5.41) is 2.81. The molecule has 4 heteroatoms. The fourth-order valence-electron chi connectivity index (χ4n) is 2.06. The third kappa shape index (κ3) is 3.19. The second-order valence-corrected chi connectivity index (χ2v) is 4.55. The molecule has 0 radical (unpaired) electrons. The molecule has 0 fully saturated rings. The number of hydrogen-bond acceptors (Lipinski definition) is 3. The maximum Gasteiger partial charge on any atom is 0.257 e. The van der Waals surface area contributed by atoms with E-state index < -0.39 is 0 Å². The normalized spacial score (nSPS) is 9.70. The predicted molar refractivity (Wildman–Crippen MR) is 78.1 cm³/mol. The van der Waals surface area contributed by atoms with Crippen molar-refractivity contribution < 1.29 is 9.59 Å². The van der Waals surface area contributed by atoms with Gasteiger partial charge < -0.3 is 5.32 Å². The zero-order valence-electron chi connectivity index (χ0n) is 11.3. The van der Waals surface area contributed by atoms with Crippen LogP contribution >= 0.6 is 0 Å². The molecule has 1 N–H and O–H groups in total. The highest BCUT2D eigenvalue weighted by molar-refractivity contribution is 6.07. The van der Waals surface area contributed by atoms with E-state index >= 15 is 0 Å². The van der Waals surface area contributed by atoms with Gasteiger partial charge in [-0.05, 0) is 49.2 Å². The van der Waals surface area contributed by atoms with Crippen molar-refractivity contribution in [3.8, 4) is 0 Å². The molecular formula is C16H14N2O2. The molecule has 2 rings (SSSR count). The van der Waals surface area contributed by atoms with Crippen molar-refractivity contribution in [1.82, 2.24) is 0 Å². The van der Waals surface area contributed by atoms with Crippen LogP contribution in [0.1, 0.15) is 21.5 Å². The Morgan fingerprint density at radius 1 is 1.10 bits per heavy atom. The molecular weight excluding hydrogens is 252 g/mol. The highest BCUT2D eigenvalue weighted by Crippen LogP contribution is 2.20. The molecule has 0 atom stereocenters. The molecule has 0 saturated carbocycles. The maximum absolute atomic E-state index is 12.2. The first-order chi connectivity index (χ1) is 9.60. The zero-order chi connectivity index (χ0) is 14.5. The van der Waals surface area contributed by atoms with Crippen LogP contribution in [0.15, 0.2) is 47.5 Å². The average Bonchev–Trinajstić information content (AvgIpc) is 2.38. The van der Waals surface area contributed by atoms with Crippen LogP contribution in [0.4, 0.5) is 11.4 Å². The van der Waals surface area contributed by atoms with E-state index in [0.717, 1.165) is 16.8 Å². The van der Waals surface area contributed by atoms with Crippen molar-refractivity contribution in [1.29, 1.82) is 0 Å². The van der Waals surface area contributed by atoms with E-state index in [1.807, 2.05) is 32.0 Å². The maximum atomic E-state index is 12.2. The first kappa shape index (κ1) is 13.7. The smallest absolute Gasteiger partial charge is 0.257 e. The van der Waals surface area contributed by atoms with Crippen molar-refractivity contribution >= 4 is 23.4 Å². The van der Waals surface area contributed by atoms with Crippen molar-refractivity contribution in [3.05, 3.63) is 59.2 Å². The summed E-state index contributed by atoms with van der Waals surface area (Å²) in [6.07, 6.45) is 1.46. The topological polar surface area (TPSA) is 58.5 Å². The highest BCUT2D eigenvalue weighted by atomic mass is 16.1. The molecule has 0 unspecified atom stereocenters. The molecule has 4 nitrogen and oxygen atoms in total. The molecule has 0 spiro atoms. The molecule has 0 bridgehead atoms. The minimum atomic E-state index is -0.301. The quantitative estimate of drug-likeness (QED) is 0.682. The van der Waals surface area contributed by atoms with E-state index in [9.17, 15) is 9.59 Å². The number of carbonyl (C=O) groups is 1. The number of amides is 1. The van der Waals surface area contributed by atoms with Crippen LogP contribution in [0.2, 0.25) is 0 Å². The van der Waals surface area contributed by atoms with Gasteiger partial charge in [0.15, 0.2) is 0 Å². The number of para-hydroxylation sites is 1. The van der Waals surface area contributed by atoms with Gasteiger partial charge in [-0.25, -0.2) is 4.79 Å². The van der Waals surface area contributed by atoms with Crippen LogP contribution < -0.4 is 5.32 Å². The Morgan fingerprint density at radius 3 is 2.40 bits per heavy atom. The Labute approximate surface area is 117 Å². The molecule has 0 aromatic heterocycles. The number of hydrogen-bond donors (Lipinski definition) is 1. The predicted octanol–water partition coefficient (Wildman–Crippen LogP) is 3.52. The Balaban J connectivity index is 2.30. The largest absolute Gasteiger partial charge is 0.322 e. The van der Waals surface area contributed by atoms with E-state index in [4.69, 9.17) is 0 Å². The lowest BCUT2D eigenvalue weighted by Crippen LogP contribution is -2.12. The van der Waals surface area contributed by atoms with Crippen molar-refractivity contribution in [2.75, 3.05) is 5.32 Å². The van der Waals surface area contributed by atoms with Gasteiger partial charge in [-0.3, -0.25) is 4.79 Å². The Hall–Kier alpha value is -2.71. The van der Waals surface area contributed by atoms with E-state index in [1.54, 1.807) is 24.3 Å². The fourth-order valence-corrected chi connectivity index (χ4v) is 2.06. The van der Waals surface area contributed by atoms with E-state index in [1.165, 1.54) is 6.08 Å². The van der Waals surface area contributed by atoms with Gasteiger partial charge in [0.1, 0.15) is 0 Å². The first-order valence-corrected chi connectivity index (χ1v) is 6.16. The summed E-state index contributed by atoms with van der Waals surface area (Å²) in [5.74, 6) is -0.301. The van der Waals surface area contributed by atoms with Gasteiger partial charge in [0.25, 0.3) is 5.91 Å². The minimum Gasteiger partial charge on any atom is -0.322 e. The summed E-state index contributed by atoms with van der Waals surface area (Å²) in [6.45, 7) is 3.93. The molecule has 0 aliphatic heterocycles. The molecule has 0 heterocycles. The third-order valence-corrected chi connectivity index (χ3v) is 2.79. The SMILES string of the molecule is Cc1cc(C)cc(NC(=O)c2ccccc2N=C=O)c1. The second kappa shape index (κ2) is 5.95. The average molecular weight is 266 g/mol. The number of rotatable bonds is 3. The summed E-state index contributed by atoms with van der Waals surface area (Å²) in [5.41, 5.74) is 3.51. The van der Waals surface area contributed by atoms with Crippen LogP contribution in [-0.4, -0.2) is 12.0 Å². The Kier molecular flexibility index (Phi) is 4.08. The van der Waals surface area contributed by atoms with E-state index in [2.05, 4.69) is 10.3 Å². The molecule has 100 valence electrons. The highest BCUT2D eigenvalue weighted by Gasteiger charge is 2.11. The molecule has 0 aliphatic rings. The lowest BCUT2D eigenvalue weighted by atomic mass is 10.1. The number of nitrogens with zero attached hydrogens (tertiary/aromatic N) is 1. The molecule has 0 saturated heterocycles. The summed E-state index contributed by atoms with van der Waals surface area (Å²) in [7, 11) is 0. The summed E-state index contributed by atoms with van der Waals surface area (Å²) in [4.78, 5) is 26.1. The number of aryl methyl sites for hydroxylation is 2. The fraction of sp³-hybridized carbons (Fsp3) is 0.125. The van der Waals surface area contributed by atoms with Gasteiger partial charge in [0, 0.05) is 5.69 Å². The van der Waals surface area contributed by atoms with Gasteiger partial charge in [-0.15, -0.1) is 0 Å². The number of anilines is 1. The van der Waals surface area contributed by atoms with Gasteiger partial charge in [0.2, 0.25) is 6.08 Å². The minimum absolute atomic E-state index is 0.301. The van der Waals surface area contributed by atoms with E-state index in [-0.39, 0.29) is 5.91 Å². The van der Waals surface area contributed by atoms with Crippen LogP contribution in [-0.2, 0) is 4.79 Å². The van der Waals surface area contributed by atoms with E-state index in [0.29, 0.717) is 11.3 Å². The standard InChI is InChI=1S/C16H14N2O2/c1-11-7-12(2)9-13(8-11)18-16(20)14-5-3-4-6-15(14)17-10-19/h3-9H,1-2H3,(H,18,20). The summed E-state index contributed by atoms with van der Waals surface area (Å²) >= 11 is 0. The van der Waals surface area contributed by atoms with Crippen LogP contribution in [0.5, 0.6) is 0 Å². The lowest BCUT2D eigenvalue weighted by molar-refractivity contribution is 0.102. The Bertz CT molecular complexity index is 681. The second-order valence-electron chi connectivity index (χ2n) is 4.55. The van der Waals surface area contributed by atoms with Gasteiger partial charge in [-0.2, -0.15) is 4.99 Å². The Morgan fingerprint density at radius 2 is 1.75 bits per heavy atom. The molecule has 1 amide bonds. The molecule has 0 aliphatic carbocycles. The van der Waals surface area contributed by atoms with Crippen molar-refractivity contribution in [3.63, 3.8) is 0 Å². The number of isocyanates is 1. The molecule has 2 aromatic carbocycles. The first-order valence-electron chi connectivity index (χ1n) is 6.16. The summed E-state index contributed by atoms with van der Waals surface area (Å²) in [6, 6.07) is 12.5. The van der Waals surface area contributed by atoms with Gasteiger partial charge >= 0.3 is 0 Å². The number of benzene rings is 2. The van der Waals surface area contributed by atoms with Crippen molar-refractivity contribution in [2.45, 2.75) is 13.8 Å².